The Morgan fingerprint density at radius 2 is 2.21 bits per heavy atom. The van der Waals surface area contributed by atoms with Crippen molar-refractivity contribution in [3.63, 3.8) is 0 Å². The molecule has 1 aliphatic rings. The van der Waals surface area contributed by atoms with Crippen molar-refractivity contribution in [3.8, 4) is 0 Å². The second-order valence-corrected chi connectivity index (χ2v) is 5.22. The Labute approximate surface area is 119 Å². The summed E-state index contributed by atoms with van der Waals surface area (Å²) in [7, 11) is 0. The second kappa shape index (κ2) is 4.63. The molecule has 1 fully saturated rings. The van der Waals surface area contributed by atoms with E-state index in [4.69, 9.17) is 4.74 Å². The molecule has 0 radical (unpaired) electrons. The number of aliphatic hydroxyl groups excluding tert-OH is 1. The summed E-state index contributed by atoms with van der Waals surface area (Å²) in [4.78, 5) is 24.4. The predicted molar refractivity (Wildman–Crippen MR) is 69.7 cm³/mol. The molecule has 2 rings (SSSR count). The Kier molecular flexibility index (Phi) is 3.56. The molecule has 0 aromatic carbocycles. The van der Waals surface area contributed by atoms with Crippen LogP contribution in [0.3, 0.4) is 0 Å². The van der Waals surface area contributed by atoms with Crippen LogP contribution >= 0.6 is 22.6 Å². The Morgan fingerprint density at radius 1 is 1.58 bits per heavy atom. The molecule has 0 bridgehead atoms. The van der Waals surface area contributed by atoms with E-state index in [0.717, 1.165) is 19.2 Å². The first-order valence-corrected chi connectivity index (χ1v) is 6.86. The lowest BCUT2D eigenvalue weighted by Crippen LogP contribution is -2.46. The number of alkyl halides is 3. The zero-order valence-corrected chi connectivity index (χ0v) is 11.9. The van der Waals surface area contributed by atoms with Crippen molar-refractivity contribution in [3.05, 3.63) is 33.1 Å². The first-order valence-electron chi connectivity index (χ1n) is 5.33. The minimum Gasteiger partial charge on any atom is -0.384 e. The van der Waals surface area contributed by atoms with Gasteiger partial charge in [-0.2, -0.15) is 0 Å². The summed E-state index contributed by atoms with van der Waals surface area (Å²) in [5.41, 5.74) is -4.12. The van der Waals surface area contributed by atoms with Crippen molar-refractivity contribution in [1.29, 1.82) is 0 Å². The minimum atomic E-state index is -2.59. The van der Waals surface area contributed by atoms with Crippen LogP contribution in [0.4, 0.5) is 8.78 Å². The first kappa shape index (κ1) is 14.6. The largest absolute Gasteiger partial charge is 0.384 e. The van der Waals surface area contributed by atoms with Gasteiger partial charge in [0.1, 0.15) is 0 Å². The van der Waals surface area contributed by atoms with Gasteiger partial charge >= 0.3 is 5.69 Å². The summed E-state index contributed by atoms with van der Waals surface area (Å²) in [6.45, 7) is 0.938. The maximum atomic E-state index is 14.4. The third-order valence-corrected chi connectivity index (χ3v) is 4.06. The molecular formula is C10H11F2IN2O4. The quantitative estimate of drug-likeness (QED) is 0.563. The van der Waals surface area contributed by atoms with Crippen molar-refractivity contribution in [2.75, 3.05) is 4.43 Å². The number of aromatic nitrogens is 2. The summed E-state index contributed by atoms with van der Waals surface area (Å²) in [6, 6.07) is 0.982. The van der Waals surface area contributed by atoms with E-state index < -0.39 is 35.1 Å². The Morgan fingerprint density at radius 3 is 2.68 bits per heavy atom. The summed E-state index contributed by atoms with van der Waals surface area (Å²) in [6.07, 6.45) is -2.71. The lowest BCUT2D eigenvalue weighted by atomic mass is 9.98. The molecule has 0 saturated carbocycles. The summed E-state index contributed by atoms with van der Waals surface area (Å²) < 4.78 is 33.9. The van der Waals surface area contributed by atoms with Gasteiger partial charge in [0, 0.05) is 12.3 Å². The molecule has 0 amide bonds. The molecule has 19 heavy (non-hydrogen) atoms. The van der Waals surface area contributed by atoms with Crippen LogP contribution in [0.1, 0.15) is 13.2 Å². The smallest absolute Gasteiger partial charge is 0.330 e. The number of halogens is 3. The fourth-order valence-corrected chi connectivity index (χ4v) is 2.56. The van der Waals surface area contributed by atoms with Crippen molar-refractivity contribution in [1.82, 2.24) is 9.55 Å². The van der Waals surface area contributed by atoms with E-state index >= 15 is 0 Å². The zero-order chi connectivity index (χ0) is 14.4. The molecule has 0 spiro atoms. The highest BCUT2D eigenvalue weighted by atomic mass is 127. The number of ether oxygens (including phenoxy) is 1. The summed E-state index contributed by atoms with van der Waals surface area (Å²) >= 11 is 1.61. The highest BCUT2D eigenvalue weighted by molar-refractivity contribution is 14.1. The molecule has 0 unspecified atom stereocenters. The molecule has 4 atom stereocenters. The highest BCUT2D eigenvalue weighted by Gasteiger charge is 2.63. The Bertz CT molecular complexity index is 602. The highest BCUT2D eigenvalue weighted by Crippen LogP contribution is 2.47. The second-order valence-electron chi connectivity index (χ2n) is 4.46. The number of aliphatic hydroxyl groups is 1. The fourth-order valence-electron chi connectivity index (χ4n) is 1.97. The van der Waals surface area contributed by atoms with E-state index in [1.807, 2.05) is 4.98 Å². The third kappa shape index (κ3) is 2.23. The van der Waals surface area contributed by atoms with Gasteiger partial charge in [-0.15, -0.1) is 0 Å². The first-order chi connectivity index (χ1) is 8.72. The van der Waals surface area contributed by atoms with Crippen LogP contribution in [0.5, 0.6) is 0 Å². The molecule has 106 valence electrons. The van der Waals surface area contributed by atoms with E-state index in [1.165, 1.54) is 0 Å². The fraction of sp³-hybridized carbons (Fsp3) is 0.600. The minimum absolute atomic E-state index is 0.306. The number of aromatic amines is 1. The van der Waals surface area contributed by atoms with Gasteiger partial charge in [-0.3, -0.25) is 14.3 Å². The molecule has 6 nitrogen and oxygen atoms in total. The molecule has 1 aliphatic heterocycles. The molecule has 0 aliphatic carbocycles. The summed E-state index contributed by atoms with van der Waals surface area (Å²) in [5.74, 6) is -2.59. The van der Waals surface area contributed by atoms with Crippen molar-refractivity contribution in [2.24, 2.45) is 0 Å². The molecule has 2 N–H and O–H groups in total. The molecule has 1 saturated heterocycles. The molecule has 1 aromatic rings. The standard InChI is InChI=1S/C10H11F2IN2O4/c1-9(11)6(17)10(12,4-13)19-7(9)15-3-2-5(16)14-8(15)18/h2-3,6-7,17H,4H2,1H3,(H,14,16,18)/t6-,7+,9+,10+/m0/s1. The topological polar surface area (TPSA) is 84.3 Å². The molecular weight excluding hydrogens is 377 g/mol. The number of nitrogens with one attached hydrogen (secondary N) is 1. The van der Waals surface area contributed by atoms with E-state index in [1.54, 1.807) is 22.6 Å². The normalized spacial score (nSPS) is 38.6. The lowest BCUT2D eigenvalue weighted by molar-refractivity contribution is -0.169. The number of rotatable bonds is 2. The van der Waals surface area contributed by atoms with Crippen LogP contribution in [-0.4, -0.2) is 36.7 Å². The monoisotopic (exact) mass is 388 g/mol. The molecule has 9 heteroatoms. The maximum Gasteiger partial charge on any atom is 0.330 e. The predicted octanol–water partition coefficient (Wildman–Crippen LogP) is 0.255. The van der Waals surface area contributed by atoms with Crippen LogP contribution in [0.2, 0.25) is 0 Å². The van der Waals surface area contributed by atoms with E-state index in [0.29, 0.717) is 4.57 Å². The third-order valence-electron chi connectivity index (χ3n) is 3.02. The van der Waals surface area contributed by atoms with E-state index in [2.05, 4.69) is 0 Å². The van der Waals surface area contributed by atoms with Gasteiger partial charge in [0.2, 0.25) is 5.85 Å². The van der Waals surface area contributed by atoms with Crippen LogP contribution < -0.4 is 11.2 Å². The van der Waals surface area contributed by atoms with Crippen molar-refractivity contribution >= 4 is 22.6 Å². The zero-order valence-electron chi connectivity index (χ0n) is 9.77. The van der Waals surface area contributed by atoms with Gasteiger partial charge in [0.05, 0.1) is 4.43 Å². The lowest BCUT2D eigenvalue weighted by Gasteiger charge is -2.24. The van der Waals surface area contributed by atoms with E-state index in [-0.39, 0.29) is 4.43 Å². The SMILES string of the molecule is C[C@]1(F)[C@H](n2ccc(=O)[nH]c2=O)O[C@](F)(CI)[C@H]1O. The molecule has 2 heterocycles. The Balaban J connectivity index is 2.51. The van der Waals surface area contributed by atoms with Gasteiger partial charge in [0.15, 0.2) is 18.0 Å². The van der Waals surface area contributed by atoms with E-state index in [9.17, 15) is 23.5 Å². The number of hydrogen-bond donors (Lipinski definition) is 2. The Hall–Kier alpha value is -0.810. The van der Waals surface area contributed by atoms with Crippen molar-refractivity contribution in [2.45, 2.75) is 30.8 Å². The van der Waals surface area contributed by atoms with Crippen LogP contribution in [0.25, 0.3) is 0 Å². The average molecular weight is 388 g/mol. The van der Waals surface area contributed by atoms with Crippen LogP contribution in [0, 0.1) is 0 Å². The van der Waals surface area contributed by atoms with Crippen LogP contribution in [0.15, 0.2) is 21.9 Å². The van der Waals surface area contributed by atoms with Crippen LogP contribution in [-0.2, 0) is 4.74 Å². The van der Waals surface area contributed by atoms with Gasteiger partial charge in [-0.25, -0.2) is 13.6 Å². The van der Waals surface area contributed by atoms with Gasteiger partial charge in [-0.1, -0.05) is 22.6 Å². The van der Waals surface area contributed by atoms with Gasteiger partial charge in [0.25, 0.3) is 5.56 Å². The maximum absolute atomic E-state index is 14.4. The number of nitrogens with zero attached hydrogens (tertiary/aromatic N) is 1. The summed E-state index contributed by atoms with van der Waals surface area (Å²) in [5, 5.41) is 9.69. The average Bonchev–Trinajstić information content (AvgIpc) is 2.51. The molecule has 1 aromatic heterocycles. The van der Waals surface area contributed by atoms with Crippen molar-refractivity contribution < 1.29 is 18.6 Å². The van der Waals surface area contributed by atoms with Gasteiger partial charge < -0.3 is 9.84 Å². The number of hydrogen-bond acceptors (Lipinski definition) is 4. The van der Waals surface area contributed by atoms with Gasteiger partial charge in [-0.05, 0) is 6.92 Å². The number of H-pyrrole nitrogens is 1.